The van der Waals surface area contributed by atoms with Gasteiger partial charge in [-0.15, -0.1) is 0 Å². The van der Waals surface area contributed by atoms with Gasteiger partial charge in [0, 0.05) is 130 Å². The first-order chi connectivity index (χ1) is 40.7. The normalized spacial score (nSPS) is 17.7. The van der Waals surface area contributed by atoms with Gasteiger partial charge >= 0.3 is 23.9 Å². The van der Waals surface area contributed by atoms with E-state index < -0.39 is 23.9 Å². The molecule has 12 N–H and O–H groups in total. The van der Waals surface area contributed by atoms with Gasteiger partial charge in [0.2, 0.25) is 11.8 Å². The quantitative estimate of drug-likeness (QED) is 0.0281. The molecule has 2 unspecified atom stereocenters. The smallest absolute Gasteiger partial charge is 0.303 e. The van der Waals surface area contributed by atoms with Crippen LogP contribution in [0.5, 0.6) is 0 Å². The number of carboxylic acid groups (broad SMARTS) is 4. The summed E-state index contributed by atoms with van der Waals surface area (Å²) in [4.78, 5) is 110. The van der Waals surface area contributed by atoms with Crippen LogP contribution in [0.1, 0.15) is 170 Å². The largest absolute Gasteiger partial charge is 0.481 e. The van der Waals surface area contributed by atoms with Crippen molar-refractivity contribution < 1.29 is 58.8 Å². The number of aromatic amines is 4. The molecule has 0 fully saturated rings. The summed E-state index contributed by atoms with van der Waals surface area (Å²) in [6.07, 6.45) is 11.3. The van der Waals surface area contributed by atoms with Crippen molar-refractivity contribution in [3.05, 3.63) is 171 Å². The van der Waals surface area contributed by atoms with E-state index in [1.807, 2.05) is 74.5 Å². The van der Waals surface area contributed by atoms with Gasteiger partial charge in [-0.3, -0.25) is 38.4 Å². The first-order valence-electron chi connectivity index (χ1n) is 29.1. The Kier molecular flexibility index (Phi) is 20.4. The second-order valence-electron chi connectivity index (χ2n) is 22.5. The fourth-order valence-electron chi connectivity index (χ4n) is 12.4. The lowest BCUT2D eigenvalue weighted by atomic mass is 9.95. The number of allylic oxidation sites excluding steroid dienone is 2. The summed E-state index contributed by atoms with van der Waals surface area (Å²) < 4.78 is 0. The second kappa shape index (κ2) is 27.2. The van der Waals surface area contributed by atoms with E-state index in [1.54, 1.807) is 13.0 Å². The molecule has 4 aliphatic heterocycles. The Morgan fingerprint density at radius 1 is 0.453 bits per heavy atom. The first-order valence-corrected chi connectivity index (χ1v) is 29.1. The standard InChI is InChI=1S/C33H44N4O6.C33H36N4O6/c2*1-7-20-19(6)32(42)37-27(20)14-25-18(5)23(10-12-31(40)41)29(35-25)15-28-22(9-11-30(38)39)17(4)24(34-28)13-26-16(3)21(8-2)33(43)36-26/h26-27,34-35H,7-15H2,1-6H3,(H,36,43)(H,37,42)(H,38,39)(H,40,41);7-8,13-14,34-35H,1-2,9-12,15H2,3-6H3,(H,36,43)(H,37,42)(H,38,39)(H,40,41)/b;26-13-,27-14-. The van der Waals surface area contributed by atoms with Crippen LogP contribution in [0.15, 0.2) is 81.3 Å². The molecule has 0 saturated carbocycles. The van der Waals surface area contributed by atoms with Crippen molar-refractivity contribution in [1.29, 1.82) is 0 Å². The van der Waals surface area contributed by atoms with E-state index in [2.05, 4.69) is 54.4 Å². The zero-order valence-corrected chi connectivity index (χ0v) is 50.8. The molecule has 4 aliphatic rings. The number of aromatic nitrogens is 4. The average Bonchev–Trinajstić information content (AvgIpc) is 2.80. The van der Waals surface area contributed by atoms with Gasteiger partial charge in [0.05, 0.1) is 17.8 Å². The van der Waals surface area contributed by atoms with Crippen molar-refractivity contribution >= 4 is 59.7 Å². The van der Waals surface area contributed by atoms with E-state index in [9.17, 15) is 58.8 Å². The molecule has 8 heterocycles. The number of carbonyl (C=O) groups is 8. The molecule has 0 bridgehead atoms. The number of hydrogen-bond acceptors (Lipinski definition) is 8. The molecule has 8 rings (SSSR count). The summed E-state index contributed by atoms with van der Waals surface area (Å²) in [5, 5.41) is 49.7. The maximum atomic E-state index is 12.5. The average molecular weight is 1180 g/mol. The first kappa shape index (κ1) is 64.4. The van der Waals surface area contributed by atoms with Gasteiger partial charge in [-0.05, 0) is 167 Å². The van der Waals surface area contributed by atoms with Crippen LogP contribution in [0.2, 0.25) is 0 Å². The third-order valence-electron chi connectivity index (χ3n) is 17.5. The van der Waals surface area contributed by atoms with Crippen molar-refractivity contribution in [2.75, 3.05) is 0 Å². The van der Waals surface area contributed by atoms with Gasteiger partial charge in [-0.1, -0.05) is 39.2 Å². The molecule has 0 aliphatic carbocycles. The molecule has 456 valence electrons. The topological polar surface area (TPSA) is 329 Å². The number of aliphatic carboxylic acids is 4. The molecule has 0 radical (unpaired) electrons. The third-order valence-corrected chi connectivity index (χ3v) is 17.5. The lowest BCUT2D eigenvalue weighted by Gasteiger charge is -2.14. The van der Waals surface area contributed by atoms with E-state index in [0.717, 1.165) is 124 Å². The van der Waals surface area contributed by atoms with Crippen LogP contribution in [0, 0.1) is 27.7 Å². The summed E-state index contributed by atoms with van der Waals surface area (Å²) in [7, 11) is 0. The molecule has 20 heteroatoms. The van der Waals surface area contributed by atoms with Crippen molar-refractivity contribution in [2.24, 2.45) is 0 Å². The number of carbonyl (C=O) groups excluding carboxylic acids is 4. The molecule has 20 nitrogen and oxygen atoms in total. The van der Waals surface area contributed by atoms with E-state index >= 15 is 0 Å². The van der Waals surface area contributed by atoms with E-state index in [1.165, 1.54) is 6.08 Å². The zero-order chi connectivity index (χ0) is 63.2. The molecular weight excluding hydrogens is 1100 g/mol. The van der Waals surface area contributed by atoms with Crippen molar-refractivity contribution in [2.45, 2.75) is 171 Å². The van der Waals surface area contributed by atoms with Gasteiger partial charge in [-0.2, -0.15) is 0 Å². The molecule has 4 aromatic heterocycles. The summed E-state index contributed by atoms with van der Waals surface area (Å²) in [6.45, 7) is 26.7. The van der Waals surface area contributed by atoms with Crippen molar-refractivity contribution in [3.63, 3.8) is 0 Å². The summed E-state index contributed by atoms with van der Waals surface area (Å²) in [5.41, 5.74) is 21.4. The highest BCUT2D eigenvalue weighted by molar-refractivity contribution is 6.04. The van der Waals surface area contributed by atoms with Crippen LogP contribution in [0.4, 0.5) is 0 Å². The molecule has 0 spiro atoms. The third kappa shape index (κ3) is 14.0. The second-order valence-corrected chi connectivity index (χ2v) is 22.5. The summed E-state index contributed by atoms with van der Waals surface area (Å²) in [6, 6.07) is -0.247. The van der Waals surface area contributed by atoms with Crippen LogP contribution in [0.25, 0.3) is 12.2 Å². The van der Waals surface area contributed by atoms with Gasteiger partial charge in [0.1, 0.15) is 0 Å². The highest BCUT2D eigenvalue weighted by atomic mass is 16.4. The highest BCUT2D eigenvalue weighted by Crippen LogP contribution is 2.34. The Morgan fingerprint density at radius 3 is 1.27 bits per heavy atom. The Labute approximate surface area is 500 Å². The molecule has 86 heavy (non-hydrogen) atoms. The van der Waals surface area contributed by atoms with Gasteiger partial charge < -0.3 is 61.6 Å². The molecule has 0 saturated heterocycles. The minimum absolute atomic E-state index is 0.0157. The predicted octanol–water partition coefficient (Wildman–Crippen LogP) is 8.65. The Hall–Kier alpha value is -9.20. The van der Waals surface area contributed by atoms with Crippen LogP contribution in [-0.4, -0.2) is 100.0 Å². The number of rotatable bonds is 26. The van der Waals surface area contributed by atoms with Gasteiger partial charge in [0.25, 0.3) is 11.8 Å². The fourth-order valence-corrected chi connectivity index (χ4v) is 12.4. The van der Waals surface area contributed by atoms with Crippen LogP contribution in [-0.2, 0) is 89.7 Å². The lowest BCUT2D eigenvalue weighted by Crippen LogP contribution is -2.31. The SMILES string of the molecule is C=CC1=C(C)/C(=C/c2[nH]c(Cc3[nH]c(/C=C4\NC(=O)C(C)=C4C=C)c(C)c3CCC(=O)O)c(CCC(=O)O)c2C)NC1=O.CCC1=C(C)C(Cc2[nH]c(Cc3[nH]c(CC4NC(=O)C(C)=C4CC)c(C)c3CCC(=O)O)c(CCC(=O)O)c2C)NC1=O. The lowest BCUT2D eigenvalue weighted by molar-refractivity contribution is -0.138. The minimum Gasteiger partial charge on any atom is -0.481 e. The maximum absolute atomic E-state index is 12.5. The van der Waals surface area contributed by atoms with Crippen molar-refractivity contribution in [1.82, 2.24) is 41.2 Å². The molecule has 2 atom stereocenters. The molecule has 4 aromatic rings. The fraction of sp³-hybridized carbons (Fsp3) is 0.394. The van der Waals surface area contributed by atoms with Gasteiger partial charge in [-0.25, -0.2) is 0 Å². The Morgan fingerprint density at radius 2 is 0.860 bits per heavy atom. The van der Waals surface area contributed by atoms with Crippen molar-refractivity contribution in [3.8, 4) is 0 Å². The van der Waals surface area contributed by atoms with E-state index in [4.69, 9.17) is 0 Å². The van der Waals surface area contributed by atoms with Gasteiger partial charge in [0.15, 0.2) is 0 Å². The number of carboxylic acids is 4. The Balaban J connectivity index is 0.000000246. The van der Waals surface area contributed by atoms with E-state index in [-0.39, 0.29) is 74.2 Å². The predicted molar refractivity (Wildman–Crippen MR) is 327 cm³/mol. The Bertz CT molecular complexity index is 3700. The minimum atomic E-state index is -0.922. The number of hydrogen-bond donors (Lipinski definition) is 12. The summed E-state index contributed by atoms with van der Waals surface area (Å²) in [5.74, 6) is -4.12. The molecule has 0 aromatic carbocycles. The van der Waals surface area contributed by atoms with Crippen LogP contribution in [0.3, 0.4) is 0 Å². The number of H-pyrrole nitrogens is 4. The number of amides is 4. The molecular formula is C66H80N8O12. The van der Waals surface area contributed by atoms with E-state index in [0.29, 0.717) is 73.1 Å². The maximum Gasteiger partial charge on any atom is 0.303 e. The summed E-state index contributed by atoms with van der Waals surface area (Å²) >= 11 is 0. The highest BCUT2D eigenvalue weighted by Gasteiger charge is 2.33. The zero-order valence-electron chi connectivity index (χ0n) is 50.8. The molecule has 4 amide bonds. The number of nitrogens with one attached hydrogen (secondary N) is 8. The monoisotopic (exact) mass is 1180 g/mol. The van der Waals surface area contributed by atoms with Crippen LogP contribution >= 0.6 is 0 Å². The van der Waals surface area contributed by atoms with Crippen LogP contribution < -0.4 is 21.3 Å².